The number of non-ortho nitro benzene ring substituents is 1. The van der Waals surface area contributed by atoms with E-state index in [4.69, 9.17) is 10.5 Å². The lowest BCUT2D eigenvalue weighted by atomic mass is 9.89. The molecule has 1 aromatic rings. The molecule has 1 aliphatic heterocycles. The predicted octanol–water partition coefficient (Wildman–Crippen LogP) is 2.45. The van der Waals surface area contributed by atoms with Gasteiger partial charge >= 0.3 is 6.09 Å². The molecule has 30 heavy (non-hydrogen) atoms. The van der Waals surface area contributed by atoms with Gasteiger partial charge in [0.15, 0.2) is 6.10 Å². The number of benzene rings is 1. The highest BCUT2D eigenvalue weighted by Gasteiger charge is 2.30. The summed E-state index contributed by atoms with van der Waals surface area (Å²) in [5, 5.41) is 23.2. The zero-order chi connectivity index (χ0) is 22.5. The minimum absolute atomic E-state index is 0.0344. The third-order valence-electron chi connectivity index (χ3n) is 4.89. The molecule has 1 saturated heterocycles. The molecule has 10 heteroatoms. The average molecular weight is 417 g/mol. The van der Waals surface area contributed by atoms with Crippen LogP contribution in [0.25, 0.3) is 0 Å². The van der Waals surface area contributed by atoms with Gasteiger partial charge in [-0.2, -0.15) is 5.26 Å². The molecule has 1 aromatic carbocycles. The Morgan fingerprint density at radius 3 is 2.73 bits per heavy atom. The van der Waals surface area contributed by atoms with Gasteiger partial charge in [0.25, 0.3) is 11.6 Å². The van der Waals surface area contributed by atoms with Crippen LogP contribution in [0.15, 0.2) is 18.2 Å². The zero-order valence-corrected chi connectivity index (χ0v) is 17.4. The maximum Gasteiger partial charge on any atom is 0.405 e. The first-order valence-corrected chi connectivity index (χ1v) is 9.70. The minimum Gasteiger partial charge on any atom is -0.436 e. The average Bonchev–Trinajstić information content (AvgIpc) is 3.11. The van der Waals surface area contributed by atoms with Crippen LogP contribution in [0.4, 0.5) is 16.2 Å². The minimum atomic E-state index is -0.998. The number of carbonyl (C=O) groups is 2. The van der Waals surface area contributed by atoms with E-state index in [0.29, 0.717) is 38.0 Å². The van der Waals surface area contributed by atoms with Crippen molar-refractivity contribution < 1.29 is 19.2 Å². The number of carbonyl (C=O) groups excluding carboxylic acids is 2. The fraction of sp³-hybridized carbons (Fsp3) is 0.550. The number of nitrogens with zero attached hydrogens (tertiary/aromatic N) is 3. The van der Waals surface area contributed by atoms with Crippen LogP contribution >= 0.6 is 0 Å². The number of amides is 2. The van der Waals surface area contributed by atoms with Crippen molar-refractivity contribution in [1.29, 1.82) is 5.26 Å². The number of nitrogens with two attached hydrogens (primary N) is 1. The van der Waals surface area contributed by atoms with Crippen LogP contribution in [-0.4, -0.2) is 42.2 Å². The van der Waals surface area contributed by atoms with Crippen LogP contribution in [0.1, 0.15) is 45.6 Å². The van der Waals surface area contributed by atoms with Gasteiger partial charge in [-0.1, -0.05) is 20.8 Å². The Morgan fingerprint density at radius 2 is 2.17 bits per heavy atom. The van der Waals surface area contributed by atoms with Crippen molar-refractivity contribution in [2.75, 3.05) is 18.0 Å². The van der Waals surface area contributed by atoms with Gasteiger partial charge in [0, 0.05) is 31.3 Å². The SMILES string of the molecule is CC(C)(C)CC[C@H](OC(N)=O)C(=O)N[C@H]1CCN(c2ccc([N+](=O)[O-])cc2C#N)C1. The van der Waals surface area contributed by atoms with Gasteiger partial charge in [0.05, 0.1) is 16.2 Å². The van der Waals surface area contributed by atoms with E-state index in [1.807, 2.05) is 31.7 Å². The summed E-state index contributed by atoms with van der Waals surface area (Å²) in [4.78, 5) is 36.1. The van der Waals surface area contributed by atoms with Crippen molar-refractivity contribution in [3.8, 4) is 6.07 Å². The number of anilines is 1. The molecule has 10 nitrogen and oxygen atoms in total. The van der Waals surface area contributed by atoms with Crippen LogP contribution in [0.3, 0.4) is 0 Å². The molecule has 3 N–H and O–H groups in total. The van der Waals surface area contributed by atoms with Crippen molar-refractivity contribution in [1.82, 2.24) is 5.32 Å². The third kappa shape index (κ3) is 6.34. The van der Waals surface area contributed by atoms with E-state index in [1.54, 1.807) is 6.07 Å². The molecular formula is C20H27N5O5. The Balaban J connectivity index is 2.04. The number of ether oxygens (including phenoxy) is 1. The highest BCUT2D eigenvalue weighted by Crippen LogP contribution is 2.28. The summed E-state index contributed by atoms with van der Waals surface area (Å²) in [5.41, 5.74) is 5.72. The zero-order valence-electron chi connectivity index (χ0n) is 17.4. The van der Waals surface area contributed by atoms with Crippen LogP contribution in [-0.2, 0) is 9.53 Å². The molecule has 1 fully saturated rings. The molecule has 2 rings (SSSR count). The molecule has 0 bridgehead atoms. The van der Waals surface area contributed by atoms with E-state index in [-0.39, 0.29) is 22.7 Å². The lowest BCUT2D eigenvalue weighted by Gasteiger charge is -2.24. The van der Waals surface area contributed by atoms with Crippen LogP contribution in [0, 0.1) is 26.9 Å². The summed E-state index contributed by atoms with van der Waals surface area (Å²) >= 11 is 0. The quantitative estimate of drug-likeness (QED) is 0.510. The Hall–Kier alpha value is -3.35. The number of hydrogen-bond donors (Lipinski definition) is 2. The van der Waals surface area contributed by atoms with Crippen LogP contribution in [0.2, 0.25) is 0 Å². The van der Waals surface area contributed by atoms with Gasteiger partial charge in [-0.05, 0) is 30.7 Å². The molecule has 162 valence electrons. The van der Waals surface area contributed by atoms with Crippen LogP contribution in [0.5, 0.6) is 0 Å². The fourth-order valence-corrected chi connectivity index (χ4v) is 3.34. The molecule has 0 saturated carbocycles. The number of nitriles is 1. The van der Waals surface area contributed by atoms with Gasteiger partial charge in [0.1, 0.15) is 6.07 Å². The first-order valence-electron chi connectivity index (χ1n) is 9.70. The standard InChI is InChI=1S/C20H27N5O5/c1-20(2,3)8-6-17(30-19(22)27)18(26)23-14-7-9-24(12-14)16-5-4-15(25(28)29)10-13(16)11-21/h4-5,10,14,17H,6-9,12H2,1-3H3,(H2,22,27)(H,23,26)/t14-,17-/m0/s1. The maximum absolute atomic E-state index is 12.6. The summed E-state index contributed by atoms with van der Waals surface area (Å²) < 4.78 is 5.01. The second-order valence-electron chi connectivity index (χ2n) is 8.54. The summed E-state index contributed by atoms with van der Waals surface area (Å²) in [6.45, 7) is 7.08. The van der Waals surface area contributed by atoms with E-state index in [1.165, 1.54) is 12.1 Å². The third-order valence-corrected chi connectivity index (χ3v) is 4.89. The number of nitrogens with one attached hydrogen (secondary N) is 1. The predicted molar refractivity (Wildman–Crippen MR) is 110 cm³/mol. The van der Waals surface area contributed by atoms with Gasteiger partial charge in [-0.15, -0.1) is 0 Å². The second kappa shape index (κ2) is 9.43. The Kier molecular flexibility index (Phi) is 7.21. The normalized spacial score (nSPS) is 17.1. The van der Waals surface area contributed by atoms with E-state index in [0.717, 1.165) is 0 Å². The van der Waals surface area contributed by atoms with Gasteiger partial charge in [-0.3, -0.25) is 14.9 Å². The van der Waals surface area contributed by atoms with E-state index in [2.05, 4.69) is 5.32 Å². The molecule has 0 spiro atoms. The molecule has 0 aromatic heterocycles. The van der Waals surface area contributed by atoms with Gasteiger partial charge < -0.3 is 20.7 Å². The van der Waals surface area contributed by atoms with Crippen molar-refractivity contribution in [3.63, 3.8) is 0 Å². The first kappa shape index (κ1) is 22.9. The maximum atomic E-state index is 12.6. The van der Waals surface area contributed by atoms with Crippen molar-refractivity contribution in [3.05, 3.63) is 33.9 Å². The molecule has 0 radical (unpaired) electrons. The summed E-state index contributed by atoms with van der Waals surface area (Å²) in [5.74, 6) is -0.408. The molecule has 1 heterocycles. The monoisotopic (exact) mass is 417 g/mol. The van der Waals surface area contributed by atoms with E-state index < -0.39 is 23.0 Å². The number of rotatable bonds is 7. The molecule has 2 amide bonds. The van der Waals surface area contributed by atoms with E-state index in [9.17, 15) is 25.0 Å². The lowest BCUT2D eigenvalue weighted by Crippen LogP contribution is -2.45. The largest absolute Gasteiger partial charge is 0.436 e. The molecule has 0 aliphatic carbocycles. The molecule has 2 atom stereocenters. The van der Waals surface area contributed by atoms with Gasteiger partial charge in [0.2, 0.25) is 0 Å². The topological polar surface area (TPSA) is 152 Å². The lowest BCUT2D eigenvalue weighted by molar-refractivity contribution is -0.384. The summed E-state index contributed by atoms with van der Waals surface area (Å²) in [6, 6.07) is 5.91. The number of nitro groups is 1. The number of hydrogen-bond acceptors (Lipinski definition) is 7. The van der Waals surface area contributed by atoms with Crippen molar-refractivity contribution in [2.45, 2.75) is 52.2 Å². The van der Waals surface area contributed by atoms with Crippen molar-refractivity contribution in [2.24, 2.45) is 11.1 Å². The number of nitro benzene ring substituents is 1. The fourth-order valence-electron chi connectivity index (χ4n) is 3.34. The van der Waals surface area contributed by atoms with Crippen molar-refractivity contribution >= 4 is 23.4 Å². The second-order valence-corrected chi connectivity index (χ2v) is 8.54. The molecule has 0 unspecified atom stereocenters. The number of primary amides is 1. The first-order chi connectivity index (χ1) is 14.0. The van der Waals surface area contributed by atoms with Crippen LogP contribution < -0.4 is 16.0 Å². The van der Waals surface area contributed by atoms with E-state index >= 15 is 0 Å². The smallest absolute Gasteiger partial charge is 0.405 e. The summed E-state index contributed by atoms with van der Waals surface area (Å²) in [7, 11) is 0. The molecular weight excluding hydrogens is 390 g/mol. The van der Waals surface area contributed by atoms with Gasteiger partial charge in [-0.25, -0.2) is 4.79 Å². The molecule has 1 aliphatic rings. The Bertz CT molecular complexity index is 858. The highest BCUT2D eigenvalue weighted by atomic mass is 16.6. The summed E-state index contributed by atoms with van der Waals surface area (Å²) in [6.07, 6.45) is -0.318. The Morgan fingerprint density at radius 1 is 1.47 bits per heavy atom. The highest BCUT2D eigenvalue weighted by molar-refractivity contribution is 5.83. The Labute approximate surface area is 175 Å².